The Labute approximate surface area is 140 Å². The Kier molecular flexibility index (Phi) is 3.75. The first-order valence-corrected chi connectivity index (χ1v) is 7.07. The van der Waals surface area contributed by atoms with E-state index in [1.165, 1.54) is 35.1 Å². The molecule has 0 fully saturated rings. The van der Waals surface area contributed by atoms with Gasteiger partial charge in [-0.2, -0.15) is 10.1 Å². The molecule has 0 radical (unpaired) electrons. The average molecular weight is 344 g/mol. The van der Waals surface area contributed by atoms with E-state index in [1.807, 2.05) is 0 Å². The number of hydrogen-bond acceptors (Lipinski definition) is 8. The number of nitro groups is 2. The molecule has 0 spiro atoms. The van der Waals surface area contributed by atoms with Crippen molar-refractivity contribution in [1.29, 1.82) is 0 Å². The van der Waals surface area contributed by atoms with Crippen LogP contribution < -0.4 is 0 Å². The highest BCUT2D eigenvalue weighted by Crippen LogP contribution is 2.27. The van der Waals surface area contributed by atoms with Gasteiger partial charge in [0, 0.05) is 17.7 Å². The number of aromatic nitrogens is 4. The van der Waals surface area contributed by atoms with Crippen LogP contribution in [0, 0.1) is 20.2 Å². The SMILES string of the molecule is CC(C)(c1nc(-c2ccc([N+](=O)[O-])cc2)no1)n1cc([N+](=O)[O-])cn1. The predicted octanol–water partition coefficient (Wildman–Crippen LogP) is 2.53. The van der Waals surface area contributed by atoms with Gasteiger partial charge in [0.1, 0.15) is 17.9 Å². The van der Waals surface area contributed by atoms with Crippen LogP contribution in [0.1, 0.15) is 19.7 Å². The second-order valence-electron chi connectivity index (χ2n) is 5.69. The minimum atomic E-state index is -0.916. The van der Waals surface area contributed by atoms with Gasteiger partial charge in [-0.1, -0.05) is 5.16 Å². The molecule has 2 heterocycles. The smallest absolute Gasteiger partial charge is 0.307 e. The van der Waals surface area contributed by atoms with Crippen molar-refractivity contribution in [2.45, 2.75) is 19.4 Å². The molecular formula is C14H12N6O5. The van der Waals surface area contributed by atoms with Gasteiger partial charge in [-0.25, -0.2) is 0 Å². The van der Waals surface area contributed by atoms with E-state index >= 15 is 0 Å². The van der Waals surface area contributed by atoms with Crippen molar-refractivity contribution in [2.24, 2.45) is 0 Å². The molecule has 0 atom stereocenters. The number of hydrogen-bond donors (Lipinski definition) is 0. The normalized spacial score (nSPS) is 11.4. The first-order valence-electron chi connectivity index (χ1n) is 7.07. The maximum absolute atomic E-state index is 10.8. The third-order valence-electron chi connectivity index (χ3n) is 3.64. The fourth-order valence-corrected chi connectivity index (χ4v) is 2.13. The van der Waals surface area contributed by atoms with Crippen molar-refractivity contribution in [2.75, 3.05) is 0 Å². The Morgan fingerprint density at radius 3 is 2.28 bits per heavy atom. The lowest BCUT2D eigenvalue weighted by molar-refractivity contribution is -0.385. The minimum Gasteiger partial charge on any atom is -0.336 e. The lowest BCUT2D eigenvalue weighted by Crippen LogP contribution is -2.28. The summed E-state index contributed by atoms with van der Waals surface area (Å²) >= 11 is 0. The van der Waals surface area contributed by atoms with E-state index in [-0.39, 0.29) is 23.1 Å². The zero-order valence-electron chi connectivity index (χ0n) is 13.2. The Balaban J connectivity index is 1.91. The van der Waals surface area contributed by atoms with Gasteiger partial charge in [-0.3, -0.25) is 24.9 Å². The summed E-state index contributed by atoms with van der Waals surface area (Å²) in [6, 6.07) is 5.71. The molecule has 0 aliphatic rings. The summed E-state index contributed by atoms with van der Waals surface area (Å²) in [5.41, 5.74) is -0.567. The molecule has 0 bridgehead atoms. The lowest BCUT2D eigenvalue weighted by atomic mass is 10.1. The molecule has 0 amide bonds. The van der Waals surface area contributed by atoms with Crippen LogP contribution in [0.4, 0.5) is 11.4 Å². The molecule has 0 aliphatic heterocycles. The van der Waals surface area contributed by atoms with Gasteiger partial charge in [-0.05, 0) is 26.0 Å². The van der Waals surface area contributed by atoms with E-state index in [9.17, 15) is 20.2 Å². The van der Waals surface area contributed by atoms with E-state index in [4.69, 9.17) is 4.52 Å². The second-order valence-corrected chi connectivity index (χ2v) is 5.69. The molecule has 11 nitrogen and oxygen atoms in total. The molecule has 2 aromatic heterocycles. The van der Waals surface area contributed by atoms with Crippen LogP contribution in [0.5, 0.6) is 0 Å². The molecule has 0 N–H and O–H groups in total. The van der Waals surface area contributed by atoms with Crippen molar-refractivity contribution in [3.8, 4) is 11.4 Å². The Hall–Kier alpha value is -3.63. The number of nitro benzene ring substituents is 1. The molecule has 3 rings (SSSR count). The topological polar surface area (TPSA) is 143 Å². The van der Waals surface area contributed by atoms with Gasteiger partial charge < -0.3 is 4.52 Å². The van der Waals surface area contributed by atoms with Crippen molar-refractivity contribution in [1.82, 2.24) is 19.9 Å². The number of nitrogens with zero attached hydrogens (tertiary/aromatic N) is 6. The number of non-ortho nitro benzene ring substituents is 1. The zero-order valence-corrected chi connectivity index (χ0v) is 13.2. The van der Waals surface area contributed by atoms with Gasteiger partial charge in [0.2, 0.25) is 5.82 Å². The maximum Gasteiger partial charge on any atom is 0.307 e. The largest absolute Gasteiger partial charge is 0.336 e. The molecule has 0 saturated carbocycles. The molecule has 0 unspecified atom stereocenters. The molecule has 1 aromatic carbocycles. The van der Waals surface area contributed by atoms with E-state index < -0.39 is 15.4 Å². The summed E-state index contributed by atoms with van der Waals surface area (Å²) < 4.78 is 6.62. The highest BCUT2D eigenvalue weighted by atomic mass is 16.6. The Morgan fingerprint density at radius 2 is 1.72 bits per heavy atom. The molecule has 3 aromatic rings. The summed E-state index contributed by atoms with van der Waals surface area (Å²) in [4.78, 5) is 24.7. The van der Waals surface area contributed by atoms with Crippen LogP contribution >= 0.6 is 0 Å². The summed E-state index contributed by atoms with van der Waals surface area (Å²) in [5, 5.41) is 29.3. The van der Waals surface area contributed by atoms with Crippen LogP contribution in [0.15, 0.2) is 41.2 Å². The second kappa shape index (κ2) is 5.78. The minimum absolute atomic E-state index is 0.0448. The lowest BCUT2D eigenvalue weighted by Gasteiger charge is -2.19. The van der Waals surface area contributed by atoms with Crippen LogP contribution in [0.3, 0.4) is 0 Å². The fourth-order valence-electron chi connectivity index (χ4n) is 2.13. The van der Waals surface area contributed by atoms with E-state index in [0.29, 0.717) is 5.56 Å². The van der Waals surface area contributed by atoms with Gasteiger partial charge in [0.15, 0.2) is 0 Å². The number of benzene rings is 1. The third-order valence-corrected chi connectivity index (χ3v) is 3.64. The van der Waals surface area contributed by atoms with Gasteiger partial charge in [0.05, 0.1) is 9.85 Å². The molecule has 25 heavy (non-hydrogen) atoms. The van der Waals surface area contributed by atoms with Crippen LogP contribution in [0.25, 0.3) is 11.4 Å². The standard InChI is InChI=1S/C14H12N6O5/c1-14(2,18-8-11(7-15-18)20(23)24)13-16-12(17-25-13)9-3-5-10(6-4-9)19(21)22/h3-8H,1-2H3. The molecular weight excluding hydrogens is 332 g/mol. The fraction of sp³-hybridized carbons (Fsp3) is 0.214. The van der Waals surface area contributed by atoms with E-state index in [0.717, 1.165) is 6.20 Å². The summed E-state index contributed by atoms with van der Waals surface area (Å²) in [7, 11) is 0. The van der Waals surface area contributed by atoms with Crippen molar-refractivity contribution in [3.63, 3.8) is 0 Å². The molecule has 128 valence electrons. The van der Waals surface area contributed by atoms with Gasteiger partial charge in [0.25, 0.3) is 11.6 Å². The first kappa shape index (κ1) is 16.2. The highest BCUT2D eigenvalue weighted by Gasteiger charge is 2.32. The van der Waals surface area contributed by atoms with Crippen LogP contribution in [-0.2, 0) is 5.54 Å². The van der Waals surface area contributed by atoms with Crippen LogP contribution in [-0.4, -0.2) is 29.8 Å². The summed E-state index contributed by atoms with van der Waals surface area (Å²) in [6.07, 6.45) is 2.41. The molecule has 0 saturated heterocycles. The Morgan fingerprint density at radius 1 is 1.08 bits per heavy atom. The highest BCUT2D eigenvalue weighted by molar-refractivity contribution is 5.56. The quantitative estimate of drug-likeness (QED) is 0.507. The number of rotatable bonds is 5. The molecule has 0 aliphatic carbocycles. The summed E-state index contributed by atoms with van der Waals surface area (Å²) in [5.74, 6) is 0.443. The van der Waals surface area contributed by atoms with E-state index in [1.54, 1.807) is 13.8 Å². The maximum atomic E-state index is 10.8. The van der Waals surface area contributed by atoms with Crippen LogP contribution in [0.2, 0.25) is 0 Å². The van der Waals surface area contributed by atoms with Crippen molar-refractivity contribution >= 4 is 11.4 Å². The first-order chi connectivity index (χ1) is 11.8. The van der Waals surface area contributed by atoms with Crippen molar-refractivity contribution < 1.29 is 14.4 Å². The van der Waals surface area contributed by atoms with Gasteiger partial charge in [-0.15, -0.1) is 0 Å². The van der Waals surface area contributed by atoms with E-state index in [2.05, 4.69) is 15.2 Å². The van der Waals surface area contributed by atoms with Crippen molar-refractivity contribution in [3.05, 3.63) is 62.8 Å². The summed E-state index contributed by atoms with van der Waals surface area (Å²) in [6.45, 7) is 3.44. The predicted molar refractivity (Wildman–Crippen MR) is 83.7 cm³/mol. The third kappa shape index (κ3) is 2.94. The monoisotopic (exact) mass is 344 g/mol. The molecule has 11 heteroatoms. The Bertz CT molecular complexity index is 943. The van der Waals surface area contributed by atoms with Gasteiger partial charge >= 0.3 is 5.69 Å². The zero-order chi connectivity index (χ0) is 18.2. The average Bonchev–Trinajstić information content (AvgIpc) is 3.25.